The Morgan fingerprint density at radius 1 is 1.54 bits per heavy atom. The van der Waals surface area contributed by atoms with E-state index < -0.39 is 0 Å². The molecule has 0 aliphatic heterocycles. The zero-order chi connectivity index (χ0) is 10.0. The molecule has 0 heterocycles. The van der Waals surface area contributed by atoms with E-state index in [4.69, 9.17) is 11.6 Å². The second kappa shape index (κ2) is 4.43. The lowest BCUT2D eigenvalue weighted by Crippen LogP contribution is -1.98. The fourth-order valence-corrected chi connectivity index (χ4v) is 2.04. The summed E-state index contributed by atoms with van der Waals surface area (Å²) in [5.41, 5.74) is 2.19. The van der Waals surface area contributed by atoms with Crippen LogP contribution in [0, 0.1) is 12.7 Å². The number of benzene rings is 1. The minimum Gasteiger partial charge on any atom is -0.206 e. The van der Waals surface area contributed by atoms with Gasteiger partial charge >= 0.3 is 0 Å². The Morgan fingerprint density at radius 3 is 2.62 bits per heavy atom. The van der Waals surface area contributed by atoms with Crippen molar-refractivity contribution in [3.8, 4) is 0 Å². The van der Waals surface area contributed by atoms with Gasteiger partial charge in [-0.1, -0.05) is 28.1 Å². The normalized spacial score (nSPS) is 13.0. The predicted octanol–water partition coefficient (Wildman–Crippen LogP) is 4.33. The van der Waals surface area contributed by atoms with Crippen LogP contribution in [-0.4, -0.2) is 0 Å². The number of halogens is 3. The van der Waals surface area contributed by atoms with Gasteiger partial charge in [-0.3, -0.25) is 0 Å². The van der Waals surface area contributed by atoms with Crippen molar-refractivity contribution in [2.24, 2.45) is 0 Å². The maximum atomic E-state index is 13.5. The first-order valence-electron chi connectivity index (χ1n) is 4.05. The molecule has 3 heteroatoms. The summed E-state index contributed by atoms with van der Waals surface area (Å²) in [6, 6.07) is 3.64. The van der Waals surface area contributed by atoms with Crippen LogP contribution < -0.4 is 0 Å². The molecule has 1 aromatic carbocycles. The summed E-state index contributed by atoms with van der Waals surface area (Å²) in [5, 5.41) is 0.357. The monoisotopic (exact) mass is 264 g/mol. The van der Waals surface area contributed by atoms with E-state index in [-0.39, 0.29) is 11.2 Å². The smallest absolute Gasteiger partial charge is 0.130 e. The summed E-state index contributed by atoms with van der Waals surface area (Å²) in [6.07, 6.45) is 0. The highest BCUT2D eigenvalue weighted by molar-refractivity contribution is 9.08. The zero-order valence-corrected chi connectivity index (χ0v) is 9.91. The van der Waals surface area contributed by atoms with E-state index in [0.717, 1.165) is 5.56 Å². The van der Waals surface area contributed by atoms with Crippen LogP contribution in [0.3, 0.4) is 0 Å². The van der Waals surface area contributed by atoms with E-state index in [1.807, 2.05) is 13.0 Å². The molecule has 0 aliphatic carbocycles. The van der Waals surface area contributed by atoms with Crippen LogP contribution in [0.25, 0.3) is 0 Å². The molecule has 1 unspecified atom stereocenters. The van der Waals surface area contributed by atoms with Gasteiger partial charge < -0.3 is 0 Å². The number of aryl methyl sites for hydroxylation is 1. The van der Waals surface area contributed by atoms with Gasteiger partial charge in [-0.05, 0) is 25.0 Å². The molecule has 1 rings (SSSR count). The van der Waals surface area contributed by atoms with Crippen molar-refractivity contribution in [2.45, 2.75) is 24.6 Å². The Balaban J connectivity index is 3.30. The zero-order valence-electron chi connectivity index (χ0n) is 7.57. The van der Waals surface area contributed by atoms with Crippen LogP contribution in [0.1, 0.15) is 29.0 Å². The highest BCUT2D eigenvalue weighted by Gasteiger charge is 2.13. The third-order valence-corrected chi connectivity index (χ3v) is 2.83. The van der Waals surface area contributed by atoms with Crippen molar-refractivity contribution < 1.29 is 4.39 Å². The SMILES string of the molecule is Cc1ccc(C(C)Cl)c(CBr)c1F. The number of hydrogen-bond donors (Lipinski definition) is 0. The second-order valence-corrected chi connectivity index (χ2v) is 4.23. The fraction of sp³-hybridized carbons (Fsp3) is 0.400. The van der Waals surface area contributed by atoms with Crippen LogP contribution >= 0.6 is 27.5 Å². The molecule has 0 N–H and O–H groups in total. The Labute approximate surface area is 91.2 Å². The van der Waals surface area contributed by atoms with Gasteiger partial charge in [0.15, 0.2) is 0 Å². The summed E-state index contributed by atoms with van der Waals surface area (Å²) in [5.74, 6) is -0.151. The van der Waals surface area contributed by atoms with Gasteiger partial charge in [0.05, 0.1) is 5.38 Å². The largest absolute Gasteiger partial charge is 0.206 e. The van der Waals surface area contributed by atoms with Crippen molar-refractivity contribution in [2.75, 3.05) is 0 Å². The van der Waals surface area contributed by atoms with Gasteiger partial charge in [0.1, 0.15) is 5.82 Å². The van der Waals surface area contributed by atoms with Gasteiger partial charge in [-0.25, -0.2) is 4.39 Å². The van der Waals surface area contributed by atoms with Crippen LogP contribution in [0.2, 0.25) is 0 Å². The molecule has 0 radical (unpaired) electrons. The Hall–Kier alpha value is -0.0800. The third-order valence-electron chi connectivity index (χ3n) is 2.03. The van der Waals surface area contributed by atoms with Gasteiger partial charge in [-0.15, -0.1) is 11.6 Å². The lowest BCUT2D eigenvalue weighted by Gasteiger charge is -2.11. The minimum absolute atomic E-state index is 0.150. The topological polar surface area (TPSA) is 0 Å². The van der Waals surface area contributed by atoms with E-state index in [1.165, 1.54) is 0 Å². The predicted molar refractivity (Wildman–Crippen MR) is 58.0 cm³/mol. The maximum absolute atomic E-state index is 13.5. The second-order valence-electron chi connectivity index (χ2n) is 3.01. The summed E-state index contributed by atoms with van der Waals surface area (Å²) in [6.45, 7) is 3.60. The highest BCUT2D eigenvalue weighted by atomic mass is 79.9. The summed E-state index contributed by atoms with van der Waals surface area (Å²) >= 11 is 9.19. The highest BCUT2D eigenvalue weighted by Crippen LogP contribution is 2.28. The average molecular weight is 266 g/mol. The first-order chi connectivity index (χ1) is 6.07. The summed E-state index contributed by atoms with van der Waals surface area (Å²) in [4.78, 5) is 0. The molecule has 0 bridgehead atoms. The quantitative estimate of drug-likeness (QED) is 0.698. The fourth-order valence-electron chi connectivity index (χ4n) is 1.26. The average Bonchev–Trinajstić information content (AvgIpc) is 2.09. The molecule has 0 spiro atoms. The molecule has 72 valence electrons. The van der Waals surface area contributed by atoms with Crippen LogP contribution in [0.15, 0.2) is 12.1 Å². The van der Waals surface area contributed by atoms with Crippen LogP contribution in [-0.2, 0) is 5.33 Å². The van der Waals surface area contributed by atoms with Crippen molar-refractivity contribution >= 4 is 27.5 Å². The number of alkyl halides is 2. The molecule has 1 atom stereocenters. The van der Waals surface area contributed by atoms with E-state index in [1.54, 1.807) is 13.0 Å². The maximum Gasteiger partial charge on any atom is 0.130 e. The lowest BCUT2D eigenvalue weighted by atomic mass is 10.0. The molecule has 0 aromatic heterocycles. The van der Waals surface area contributed by atoms with E-state index >= 15 is 0 Å². The van der Waals surface area contributed by atoms with Crippen molar-refractivity contribution in [3.63, 3.8) is 0 Å². The summed E-state index contributed by atoms with van der Waals surface area (Å²) in [7, 11) is 0. The van der Waals surface area contributed by atoms with E-state index in [0.29, 0.717) is 16.5 Å². The minimum atomic E-state index is -0.151. The van der Waals surface area contributed by atoms with Crippen LogP contribution in [0.5, 0.6) is 0 Å². The molecular formula is C10H11BrClF. The molecule has 1 aromatic rings. The molecule has 0 amide bonds. The molecular weight excluding hydrogens is 254 g/mol. The van der Waals surface area contributed by atoms with Crippen molar-refractivity contribution in [1.29, 1.82) is 0 Å². The molecule has 13 heavy (non-hydrogen) atoms. The molecule has 0 saturated heterocycles. The lowest BCUT2D eigenvalue weighted by molar-refractivity contribution is 0.605. The van der Waals surface area contributed by atoms with Gasteiger partial charge in [0.2, 0.25) is 0 Å². The first kappa shape index (κ1) is 11.0. The Morgan fingerprint density at radius 2 is 2.15 bits per heavy atom. The van der Waals surface area contributed by atoms with Crippen molar-refractivity contribution in [1.82, 2.24) is 0 Å². The van der Waals surface area contributed by atoms with E-state index in [2.05, 4.69) is 15.9 Å². The van der Waals surface area contributed by atoms with Crippen molar-refractivity contribution in [3.05, 3.63) is 34.6 Å². The number of hydrogen-bond acceptors (Lipinski definition) is 0. The molecule has 0 fully saturated rings. The van der Waals surface area contributed by atoms with Gasteiger partial charge in [0, 0.05) is 10.9 Å². The Bertz CT molecular complexity index is 310. The number of rotatable bonds is 2. The van der Waals surface area contributed by atoms with Crippen LogP contribution in [0.4, 0.5) is 4.39 Å². The van der Waals surface area contributed by atoms with E-state index in [9.17, 15) is 4.39 Å². The molecule has 0 nitrogen and oxygen atoms in total. The van der Waals surface area contributed by atoms with Gasteiger partial charge in [-0.2, -0.15) is 0 Å². The first-order valence-corrected chi connectivity index (χ1v) is 5.61. The molecule has 0 saturated carbocycles. The molecule has 0 aliphatic rings. The summed E-state index contributed by atoms with van der Waals surface area (Å²) < 4.78 is 13.5. The Kier molecular flexibility index (Phi) is 3.74. The third kappa shape index (κ3) is 2.23. The van der Waals surface area contributed by atoms with Gasteiger partial charge in [0.25, 0.3) is 0 Å². The standard InChI is InChI=1S/C10H11BrClF/c1-6-3-4-8(7(2)12)9(5-11)10(6)13/h3-4,7H,5H2,1-2H3.